The molecule has 8 nitrogen and oxygen atoms in total. The quantitative estimate of drug-likeness (QED) is 0.525. The van der Waals surface area contributed by atoms with Gasteiger partial charge >= 0.3 is 0 Å². The Kier molecular flexibility index (Phi) is 4.28. The topological polar surface area (TPSA) is 88.1 Å². The first kappa shape index (κ1) is 17.5. The van der Waals surface area contributed by atoms with Crippen LogP contribution in [0.2, 0.25) is 0 Å². The Balaban J connectivity index is 1.39. The Morgan fingerprint density at radius 2 is 1.90 bits per heavy atom. The number of hydrogen-bond acceptors (Lipinski definition) is 7. The number of ether oxygens (including phenoxy) is 2. The van der Waals surface area contributed by atoms with Crippen LogP contribution in [0.4, 0.5) is 4.39 Å². The third-order valence-corrected chi connectivity index (χ3v) is 4.82. The molecule has 1 atom stereocenters. The normalized spacial score (nSPS) is 15.9. The minimum absolute atomic E-state index is 0.227. The first-order chi connectivity index (χ1) is 14.2. The molecule has 1 aliphatic heterocycles. The van der Waals surface area contributed by atoms with Crippen LogP contribution >= 0.6 is 0 Å². The molecule has 0 radical (unpaired) electrons. The van der Waals surface area contributed by atoms with E-state index in [0.717, 1.165) is 22.6 Å². The second-order valence-corrected chi connectivity index (χ2v) is 6.57. The molecule has 4 aromatic rings. The summed E-state index contributed by atoms with van der Waals surface area (Å²) in [5.41, 5.74) is 2.94. The highest BCUT2D eigenvalue weighted by atomic mass is 19.1. The third-order valence-electron chi connectivity index (χ3n) is 4.82. The van der Waals surface area contributed by atoms with Crippen molar-refractivity contribution in [3.05, 3.63) is 65.6 Å². The van der Waals surface area contributed by atoms with E-state index < -0.39 is 0 Å². The number of halogens is 1. The molecule has 0 aliphatic carbocycles. The Labute approximate surface area is 164 Å². The largest absolute Gasteiger partial charge is 0.497 e. The van der Waals surface area contributed by atoms with Crippen LogP contribution in [0, 0.1) is 5.82 Å². The Hall–Kier alpha value is -3.59. The van der Waals surface area contributed by atoms with Gasteiger partial charge in [-0.25, -0.2) is 9.07 Å². The summed E-state index contributed by atoms with van der Waals surface area (Å²) in [6.07, 6.45) is -0.227. The molecule has 5 rings (SSSR count). The van der Waals surface area contributed by atoms with Crippen LogP contribution in [0.15, 0.2) is 53.1 Å². The lowest BCUT2D eigenvalue weighted by Crippen LogP contribution is -2.22. The highest BCUT2D eigenvalue weighted by Gasteiger charge is 2.28. The third kappa shape index (κ3) is 3.25. The fraction of sp³-hybridized carbons (Fsp3) is 0.200. The van der Waals surface area contributed by atoms with Gasteiger partial charge in [-0.1, -0.05) is 22.5 Å². The molecular weight excluding hydrogens is 377 g/mol. The lowest BCUT2D eigenvalue weighted by atomic mass is 10.1. The second kappa shape index (κ2) is 7.10. The molecule has 0 amide bonds. The maximum absolute atomic E-state index is 13.1. The Bertz CT molecular complexity index is 1140. The van der Waals surface area contributed by atoms with E-state index in [-0.39, 0.29) is 24.4 Å². The number of benzene rings is 2. The molecular formula is C20H16FN5O3. The summed E-state index contributed by atoms with van der Waals surface area (Å²) in [5.74, 6) is 1.20. The number of rotatable bonds is 4. The summed E-state index contributed by atoms with van der Waals surface area (Å²) in [6.45, 7) is 0.748. The fourth-order valence-corrected chi connectivity index (χ4v) is 3.23. The summed E-state index contributed by atoms with van der Waals surface area (Å²) in [4.78, 5) is 4.44. The fourth-order valence-electron chi connectivity index (χ4n) is 3.23. The van der Waals surface area contributed by atoms with E-state index in [2.05, 4.69) is 20.5 Å². The summed E-state index contributed by atoms with van der Waals surface area (Å²) >= 11 is 0. The summed E-state index contributed by atoms with van der Waals surface area (Å²) in [5, 5.41) is 12.4. The van der Waals surface area contributed by atoms with Crippen LogP contribution in [0.25, 0.3) is 23.0 Å². The molecule has 0 unspecified atom stereocenters. The zero-order chi connectivity index (χ0) is 19.8. The second-order valence-electron chi connectivity index (χ2n) is 6.57. The molecule has 1 aliphatic rings. The minimum atomic E-state index is -0.280. The SMILES string of the molecule is COc1ccc(-c2noc(-c3nnn4c3CO[C@@H](c3ccc(F)cc3)C4)n2)cc1. The first-order valence-electron chi connectivity index (χ1n) is 8.99. The first-order valence-corrected chi connectivity index (χ1v) is 8.99. The van der Waals surface area contributed by atoms with Gasteiger partial charge in [0.1, 0.15) is 17.7 Å². The molecule has 9 heteroatoms. The van der Waals surface area contributed by atoms with E-state index >= 15 is 0 Å². The van der Waals surface area contributed by atoms with Gasteiger partial charge in [0, 0.05) is 5.56 Å². The van der Waals surface area contributed by atoms with Crippen molar-refractivity contribution in [3.63, 3.8) is 0 Å². The Morgan fingerprint density at radius 3 is 2.66 bits per heavy atom. The standard InChI is InChI=1S/C20H16FN5O3/c1-27-15-8-4-13(5-9-15)19-22-20(29-24-19)18-16-11-28-17(10-26(16)25-23-18)12-2-6-14(21)7-3-12/h2-9,17H,10-11H2,1H3/t17-/m1/s1. The molecule has 2 aromatic carbocycles. The summed E-state index contributed by atoms with van der Waals surface area (Å²) < 4.78 is 31.4. The number of methoxy groups -OCH3 is 1. The van der Waals surface area contributed by atoms with Gasteiger partial charge in [-0.05, 0) is 42.0 Å². The molecule has 29 heavy (non-hydrogen) atoms. The minimum Gasteiger partial charge on any atom is -0.497 e. The van der Waals surface area contributed by atoms with Crippen LogP contribution < -0.4 is 4.74 Å². The highest BCUT2D eigenvalue weighted by molar-refractivity contribution is 5.59. The Morgan fingerprint density at radius 1 is 1.10 bits per heavy atom. The van der Waals surface area contributed by atoms with Crippen LogP contribution in [0.1, 0.15) is 17.4 Å². The smallest absolute Gasteiger partial charge is 0.280 e. The average molecular weight is 393 g/mol. The zero-order valence-corrected chi connectivity index (χ0v) is 15.4. The maximum Gasteiger partial charge on any atom is 0.280 e. The molecule has 0 spiro atoms. The van der Waals surface area contributed by atoms with Gasteiger partial charge in [-0.15, -0.1) is 5.10 Å². The number of hydrogen-bond donors (Lipinski definition) is 0. The van der Waals surface area contributed by atoms with Crippen molar-refractivity contribution in [3.8, 4) is 28.7 Å². The van der Waals surface area contributed by atoms with Crippen molar-refractivity contribution in [2.24, 2.45) is 0 Å². The lowest BCUT2D eigenvalue weighted by molar-refractivity contribution is -0.00120. The highest BCUT2D eigenvalue weighted by Crippen LogP contribution is 2.31. The van der Waals surface area contributed by atoms with Gasteiger partial charge < -0.3 is 14.0 Å². The van der Waals surface area contributed by atoms with Gasteiger partial charge in [0.15, 0.2) is 5.69 Å². The summed E-state index contributed by atoms with van der Waals surface area (Å²) in [6, 6.07) is 13.6. The van der Waals surface area contributed by atoms with Gasteiger partial charge in [0.25, 0.3) is 5.89 Å². The molecule has 146 valence electrons. The predicted octanol–water partition coefficient (Wildman–Crippen LogP) is 3.41. The van der Waals surface area contributed by atoms with E-state index in [1.807, 2.05) is 24.3 Å². The van der Waals surface area contributed by atoms with Crippen molar-refractivity contribution >= 4 is 0 Å². The molecule has 0 fully saturated rings. The van der Waals surface area contributed by atoms with E-state index in [0.29, 0.717) is 18.1 Å². The van der Waals surface area contributed by atoms with Crippen LogP contribution in [-0.2, 0) is 17.9 Å². The van der Waals surface area contributed by atoms with Gasteiger partial charge in [0.05, 0.1) is 26.0 Å². The predicted molar refractivity (Wildman–Crippen MR) is 99.2 cm³/mol. The molecule has 0 saturated carbocycles. The van der Waals surface area contributed by atoms with Crippen molar-refractivity contribution < 1.29 is 18.4 Å². The molecule has 2 aromatic heterocycles. The molecule has 0 bridgehead atoms. The van der Waals surface area contributed by atoms with E-state index in [4.69, 9.17) is 14.0 Å². The number of nitrogens with zero attached hydrogens (tertiary/aromatic N) is 5. The zero-order valence-electron chi connectivity index (χ0n) is 15.4. The van der Waals surface area contributed by atoms with Gasteiger partial charge in [0.2, 0.25) is 5.82 Å². The van der Waals surface area contributed by atoms with E-state index in [1.54, 1.807) is 23.9 Å². The summed E-state index contributed by atoms with van der Waals surface area (Å²) in [7, 11) is 1.61. The van der Waals surface area contributed by atoms with Crippen molar-refractivity contribution in [1.29, 1.82) is 0 Å². The number of fused-ring (bicyclic) bond motifs is 1. The maximum atomic E-state index is 13.1. The van der Waals surface area contributed by atoms with Crippen LogP contribution in [-0.4, -0.2) is 32.2 Å². The molecule has 0 N–H and O–H groups in total. The van der Waals surface area contributed by atoms with Gasteiger partial charge in [-0.3, -0.25) is 0 Å². The van der Waals surface area contributed by atoms with Crippen molar-refractivity contribution in [2.75, 3.05) is 7.11 Å². The molecule has 3 heterocycles. The van der Waals surface area contributed by atoms with Crippen LogP contribution in [0.5, 0.6) is 5.75 Å². The van der Waals surface area contributed by atoms with Gasteiger partial charge in [-0.2, -0.15) is 4.98 Å². The van der Waals surface area contributed by atoms with Crippen LogP contribution in [0.3, 0.4) is 0 Å². The molecule has 0 saturated heterocycles. The lowest BCUT2D eigenvalue weighted by Gasteiger charge is -2.24. The van der Waals surface area contributed by atoms with E-state index in [9.17, 15) is 4.39 Å². The van der Waals surface area contributed by atoms with E-state index in [1.165, 1.54) is 12.1 Å². The monoisotopic (exact) mass is 393 g/mol. The van der Waals surface area contributed by atoms with Crippen molar-refractivity contribution in [1.82, 2.24) is 25.1 Å². The number of aromatic nitrogens is 5. The average Bonchev–Trinajstić information content (AvgIpc) is 3.41. The van der Waals surface area contributed by atoms with Crippen molar-refractivity contribution in [2.45, 2.75) is 19.3 Å².